The Labute approximate surface area is 170 Å². The first-order valence-electron chi connectivity index (χ1n) is 9.24. The van der Waals surface area contributed by atoms with Crippen LogP contribution in [0.3, 0.4) is 0 Å². The number of thiophene rings is 1. The second-order valence-electron chi connectivity index (χ2n) is 6.91. The van der Waals surface area contributed by atoms with Crippen molar-refractivity contribution in [2.45, 2.75) is 19.9 Å². The molecule has 1 unspecified atom stereocenters. The van der Waals surface area contributed by atoms with Gasteiger partial charge in [-0.05, 0) is 57.6 Å². The third-order valence-corrected chi connectivity index (χ3v) is 5.69. The Morgan fingerprint density at radius 3 is 2.61 bits per heavy atom. The number of hydrogen-bond donors (Lipinski definition) is 1. The summed E-state index contributed by atoms with van der Waals surface area (Å²) in [6.45, 7) is 4.55. The third kappa shape index (κ3) is 4.58. The lowest BCUT2D eigenvalue weighted by molar-refractivity contribution is -0.116. The van der Waals surface area contributed by atoms with Crippen LogP contribution in [0.15, 0.2) is 53.9 Å². The van der Waals surface area contributed by atoms with Crippen molar-refractivity contribution in [3.05, 3.63) is 75.7 Å². The van der Waals surface area contributed by atoms with Gasteiger partial charge in [0.25, 0.3) is 0 Å². The molecule has 5 nitrogen and oxygen atoms in total. The fourth-order valence-corrected chi connectivity index (χ4v) is 4.07. The zero-order chi connectivity index (χ0) is 20.1. The van der Waals surface area contributed by atoms with Crippen molar-refractivity contribution < 1.29 is 4.79 Å². The monoisotopic (exact) mass is 394 g/mol. The molecule has 0 aliphatic rings. The molecule has 1 aromatic carbocycles. The van der Waals surface area contributed by atoms with Gasteiger partial charge in [0.05, 0.1) is 17.4 Å². The van der Waals surface area contributed by atoms with E-state index in [-0.39, 0.29) is 11.9 Å². The van der Waals surface area contributed by atoms with Crippen molar-refractivity contribution in [2.24, 2.45) is 0 Å². The summed E-state index contributed by atoms with van der Waals surface area (Å²) in [5.74, 6) is -0.102. The van der Waals surface area contributed by atoms with E-state index in [1.807, 2.05) is 75.1 Å². The number of nitrogens with zero attached hydrogens (tertiary/aromatic N) is 3. The Morgan fingerprint density at radius 1 is 1.21 bits per heavy atom. The molecule has 1 amide bonds. The summed E-state index contributed by atoms with van der Waals surface area (Å²) in [4.78, 5) is 15.7. The minimum absolute atomic E-state index is 0.102. The smallest absolute Gasteiger partial charge is 0.244 e. The number of nitrogens with one attached hydrogen (secondary N) is 1. The Hall–Kier alpha value is -2.70. The predicted molar refractivity (Wildman–Crippen MR) is 116 cm³/mol. The quantitative estimate of drug-likeness (QED) is 0.617. The van der Waals surface area contributed by atoms with Gasteiger partial charge in [-0.15, -0.1) is 11.3 Å². The van der Waals surface area contributed by atoms with Crippen molar-refractivity contribution in [1.82, 2.24) is 20.0 Å². The van der Waals surface area contributed by atoms with E-state index in [1.54, 1.807) is 17.4 Å². The lowest BCUT2D eigenvalue weighted by atomic mass is 10.1. The molecule has 6 heteroatoms. The number of likely N-dealkylation sites (N-methyl/N-ethyl adjacent to an activating group) is 1. The number of amides is 1. The summed E-state index contributed by atoms with van der Waals surface area (Å²) in [5.41, 5.74) is 3.89. The average Bonchev–Trinajstić information content (AvgIpc) is 3.29. The normalized spacial score (nSPS) is 12.6. The van der Waals surface area contributed by atoms with Crippen LogP contribution in [-0.4, -0.2) is 41.2 Å². The topological polar surface area (TPSA) is 50.2 Å². The van der Waals surface area contributed by atoms with E-state index in [0.717, 1.165) is 22.6 Å². The molecule has 0 spiro atoms. The van der Waals surface area contributed by atoms with Crippen molar-refractivity contribution >= 4 is 23.3 Å². The largest absolute Gasteiger partial charge is 0.351 e. The van der Waals surface area contributed by atoms with Gasteiger partial charge in [0, 0.05) is 28.8 Å². The van der Waals surface area contributed by atoms with Crippen LogP contribution in [0.4, 0.5) is 0 Å². The van der Waals surface area contributed by atoms with Gasteiger partial charge in [0.1, 0.15) is 0 Å². The van der Waals surface area contributed by atoms with Crippen molar-refractivity contribution in [1.29, 1.82) is 0 Å². The van der Waals surface area contributed by atoms with E-state index < -0.39 is 0 Å². The van der Waals surface area contributed by atoms with Gasteiger partial charge in [-0.2, -0.15) is 5.10 Å². The van der Waals surface area contributed by atoms with Gasteiger partial charge in [-0.1, -0.05) is 24.3 Å². The molecule has 3 aromatic rings. The molecule has 28 heavy (non-hydrogen) atoms. The fourth-order valence-electron chi connectivity index (χ4n) is 3.15. The van der Waals surface area contributed by atoms with Crippen LogP contribution in [0.5, 0.6) is 0 Å². The zero-order valence-electron chi connectivity index (χ0n) is 16.7. The summed E-state index contributed by atoms with van der Waals surface area (Å²) in [5, 5.41) is 9.69. The molecule has 146 valence electrons. The molecule has 2 heterocycles. The Morgan fingerprint density at radius 2 is 1.96 bits per heavy atom. The van der Waals surface area contributed by atoms with E-state index in [2.05, 4.69) is 26.8 Å². The first kappa shape index (κ1) is 20.0. The van der Waals surface area contributed by atoms with Gasteiger partial charge in [0.2, 0.25) is 5.91 Å². The molecular weight excluding hydrogens is 368 g/mol. The summed E-state index contributed by atoms with van der Waals surface area (Å²) in [6.07, 6.45) is 3.44. The highest BCUT2D eigenvalue weighted by Crippen LogP contribution is 2.22. The number of rotatable bonds is 7. The Bertz CT molecular complexity index is 943. The summed E-state index contributed by atoms with van der Waals surface area (Å²) < 4.78 is 1.91. The predicted octanol–water partition coefficient (Wildman–Crippen LogP) is 3.98. The first-order valence-corrected chi connectivity index (χ1v) is 10.1. The van der Waals surface area contributed by atoms with E-state index in [9.17, 15) is 4.79 Å². The number of benzene rings is 1. The Kier molecular flexibility index (Phi) is 6.44. The number of carbonyl (C=O) groups excluding carboxylic acids is 1. The van der Waals surface area contributed by atoms with Gasteiger partial charge >= 0.3 is 0 Å². The second kappa shape index (κ2) is 8.99. The van der Waals surface area contributed by atoms with E-state index in [4.69, 9.17) is 0 Å². The van der Waals surface area contributed by atoms with E-state index in [0.29, 0.717) is 6.54 Å². The molecule has 2 aromatic heterocycles. The molecule has 0 aliphatic carbocycles. The lowest BCUT2D eigenvalue weighted by Gasteiger charge is -2.23. The van der Waals surface area contributed by atoms with Crippen LogP contribution < -0.4 is 5.32 Å². The zero-order valence-corrected chi connectivity index (χ0v) is 17.5. The third-order valence-electron chi connectivity index (χ3n) is 4.71. The number of aromatic nitrogens is 2. The lowest BCUT2D eigenvalue weighted by Crippen LogP contribution is -2.33. The summed E-state index contributed by atoms with van der Waals surface area (Å²) >= 11 is 1.70. The van der Waals surface area contributed by atoms with Crippen LogP contribution in [-0.2, 0) is 4.79 Å². The van der Waals surface area contributed by atoms with Crippen molar-refractivity contribution in [2.75, 3.05) is 20.6 Å². The fraction of sp³-hybridized carbons (Fsp3) is 0.273. The first-order chi connectivity index (χ1) is 13.5. The number of aryl methyl sites for hydroxylation is 1. The molecular formula is C22H26N4OS. The van der Waals surface area contributed by atoms with Crippen molar-refractivity contribution in [3.63, 3.8) is 0 Å². The summed E-state index contributed by atoms with van der Waals surface area (Å²) in [6, 6.07) is 14.3. The van der Waals surface area contributed by atoms with Crippen LogP contribution in [0, 0.1) is 13.8 Å². The molecule has 3 rings (SSSR count). The number of para-hydroxylation sites is 1. The van der Waals surface area contributed by atoms with Gasteiger partial charge < -0.3 is 10.2 Å². The average molecular weight is 395 g/mol. The van der Waals surface area contributed by atoms with Crippen LogP contribution >= 0.6 is 11.3 Å². The van der Waals surface area contributed by atoms with Gasteiger partial charge in [-0.25, -0.2) is 4.68 Å². The summed E-state index contributed by atoms with van der Waals surface area (Å²) in [7, 11) is 4.05. The highest BCUT2D eigenvalue weighted by molar-refractivity contribution is 7.10. The maximum atomic E-state index is 12.4. The standard InChI is InChI=1S/C22H26N4OS/c1-16-19(17(2)26(24-16)18-9-6-5-7-10-18)12-13-22(27)23-15-20(25(3)4)21-11-8-14-28-21/h5-14,20H,15H2,1-4H3,(H,23,27)/b13-12+. The van der Waals surface area contributed by atoms with Crippen molar-refractivity contribution in [3.8, 4) is 5.69 Å². The van der Waals surface area contributed by atoms with Crippen LogP contribution in [0.2, 0.25) is 0 Å². The SMILES string of the molecule is Cc1nn(-c2ccccc2)c(C)c1/C=C/C(=O)NCC(c1cccs1)N(C)C. The second-order valence-corrected chi connectivity index (χ2v) is 7.88. The number of hydrogen-bond acceptors (Lipinski definition) is 4. The highest BCUT2D eigenvalue weighted by Gasteiger charge is 2.16. The van der Waals surface area contributed by atoms with E-state index >= 15 is 0 Å². The highest BCUT2D eigenvalue weighted by atomic mass is 32.1. The Balaban J connectivity index is 1.68. The van der Waals surface area contributed by atoms with Crippen LogP contribution in [0.1, 0.15) is 27.9 Å². The van der Waals surface area contributed by atoms with Crippen LogP contribution in [0.25, 0.3) is 11.8 Å². The molecule has 0 bridgehead atoms. The molecule has 1 atom stereocenters. The van der Waals surface area contributed by atoms with Gasteiger partial charge in [0.15, 0.2) is 0 Å². The molecule has 0 saturated heterocycles. The molecule has 1 N–H and O–H groups in total. The molecule has 0 radical (unpaired) electrons. The number of carbonyl (C=O) groups is 1. The maximum Gasteiger partial charge on any atom is 0.244 e. The molecule has 0 fully saturated rings. The maximum absolute atomic E-state index is 12.4. The minimum atomic E-state index is -0.102. The minimum Gasteiger partial charge on any atom is -0.351 e. The molecule has 0 saturated carbocycles. The molecule has 0 aliphatic heterocycles. The van der Waals surface area contributed by atoms with E-state index in [1.165, 1.54) is 4.88 Å². The van der Waals surface area contributed by atoms with Gasteiger partial charge in [-0.3, -0.25) is 4.79 Å².